The molecule has 2 bridgehead atoms. The maximum absolute atomic E-state index is 5.94. The minimum absolute atomic E-state index is 0.120. The molecule has 4 atom stereocenters. The summed E-state index contributed by atoms with van der Waals surface area (Å²) in [6.07, 6.45) is 2.76. The molecular formula is C13H20O2. The quantitative estimate of drug-likeness (QED) is 0.608. The summed E-state index contributed by atoms with van der Waals surface area (Å²) in [5.74, 6) is 2.13. The van der Waals surface area contributed by atoms with Crippen LogP contribution in [0.1, 0.15) is 33.6 Å². The Morgan fingerprint density at radius 1 is 1.07 bits per heavy atom. The van der Waals surface area contributed by atoms with Crippen LogP contribution in [0.4, 0.5) is 0 Å². The second-order valence-corrected chi connectivity index (χ2v) is 6.71. The van der Waals surface area contributed by atoms with Crippen LogP contribution in [-0.2, 0) is 9.47 Å². The van der Waals surface area contributed by atoms with E-state index in [1.54, 1.807) is 0 Å². The van der Waals surface area contributed by atoms with Crippen LogP contribution in [0, 0.1) is 28.6 Å². The van der Waals surface area contributed by atoms with Gasteiger partial charge in [0.2, 0.25) is 0 Å². The molecule has 2 heteroatoms. The highest BCUT2D eigenvalue weighted by molar-refractivity contribution is 5.30. The number of hydrogen-bond donors (Lipinski definition) is 0. The average molecular weight is 208 g/mol. The topological polar surface area (TPSA) is 18.5 Å². The smallest absolute Gasteiger partial charge is 0.175 e. The Morgan fingerprint density at radius 3 is 2.27 bits per heavy atom. The highest BCUT2D eigenvalue weighted by atomic mass is 16.7. The van der Waals surface area contributed by atoms with Crippen LogP contribution in [0.5, 0.6) is 0 Å². The monoisotopic (exact) mass is 208 g/mol. The molecule has 3 aliphatic carbocycles. The van der Waals surface area contributed by atoms with Gasteiger partial charge < -0.3 is 9.47 Å². The van der Waals surface area contributed by atoms with E-state index in [0.29, 0.717) is 22.7 Å². The standard InChI is InChI=1S/C13H20O2/c1-11(2)8-4-5-12(11,3)10-9(8)13(10)14-6-7-15-13/h8-10H,4-7H2,1-3H3/t8-,9?,10?,12+/m1/s1. The lowest BCUT2D eigenvalue weighted by Gasteiger charge is -2.40. The van der Waals surface area contributed by atoms with Gasteiger partial charge in [0, 0.05) is 11.8 Å². The van der Waals surface area contributed by atoms with Crippen LogP contribution in [-0.4, -0.2) is 19.0 Å². The lowest BCUT2D eigenvalue weighted by molar-refractivity contribution is -0.134. The molecule has 0 aromatic carbocycles. The molecule has 4 aliphatic rings. The van der Waals surface area contributed by atoms with Crippen molar-refractivity contribution in [3.05, 3.63) is 0 Å². The predicted molar refractivity (Wildman–Crippen MR) is 56.2 cm³/mol. The second kappa shape index (κ2) is 2.14. The molecule has 0 amide bonds. The molecular weight excluding hydrogens is 188 g/mol. The third kappa shape index (κ3) is 0.680. The van der Waals surface area contributed by atoms with Crippen LogP contribution >= 0.6 is 0 Å². The van der Waals surface area contributed by atoms with E-state index in [1.165, 1.54) is 12.8 Å². The summed E-state index contributed by atoms with van der Waals surface area (Å²) in [7, 11) is 0. The van der Waals surface area contributed by atoms with Gasteiger partial charge in [-0.15, -0.1) is 0 Å². The Hall–Kier alpha value is -0.0800. The van der Waals surface area contributed by atoms with Crippen molar-refractivity contribution in [1.29, 1.82) is 0 Å². The molecule has 0 radical (unpaired) electrons. The Bertz CT molecular complexity index is 329. The van der Waals surface area contributed by atoms with E-state index in [0.717, 1.165) is 19.1 Å². The molecule has 84 valence electrons. The van der Waals surface area contributed by atoms with E-state index in [1.807, 2.05) is 0 Å². The van der Waals surface area contributed by atoms with Gasteiger partial charge >= 0.3 is 0 Å². The summed E-state index contributed by atoms with van der Waals surface area (Å²) < 4.78 is 11.9. The van der Waals surface area contributed by atoms with Gasteiger partial charge in [0.1, 0.15) is 0 Å². The van der Waals surface area contributed by atoms with Crippen molar-refractivity contribution in [2.75, 3.05) is 13.2 Å². The fourth-order valence-electron chi connectivity index (χ4n) is 5.28. The van der Waals surface area contributed by atoms with Gasteiger partial charge in [0.25, 0.3) is 0 Å². The van der Waals surface area contributed by atoms with E-state index in [4.69, 9.17) is 9.47 Å². The number of rotatable bonds is 0. The van der Waals surface area contributed by atoms with Crippen LogP contribution in [0.2, 0.25) is 0 Å². The zero-order valence-corrected chi connectivity index (χ0v) is 9.88. The maximum atomic E-state index is 5.94. The second-order valence-electron chi connectivity index (χ2n) is 6.71. The molecule has 1 heterocycles. The van der Waals surface area contributed by atoms with Crippen molar-refractivity contribution in [2.45, 2.75) is 39.4 Å². The minimum atomic E-state index is -0.120. The van der Waals surface area contributed by atoms with Crippen molar-refractivity contribution in [2.24, 2.45) is 28.6 Å². The summed E-state index contributed by atoms with van der Waals surface area (Å²) in [6.45, 7) is 9.02. The molecule has 0 aromatic rings. The van der Waals surface area contributed by atoms with Gasteiger partial charge in [-0.3, -0.25) is 0 Å². The summed E-state index contributed by atoms with van der Waals surface area (Å²) in [4.78, 5) is 0. The SMILES string of the molecule is CC1(C)[C@@H]2CC[C@@]1(C)C1C2C12OCCO2. The fourth-order valence-corrected chi connectivity index (χ4v) is 5.28. The summed E-state index contributed by atoms with van der Waals surface area (Å²) >= 11 is 0. The normalized spacial score (nSPS) is 57.4. The summed E-state index contributed by atoms with van der Waals surface area (Å²) in [5.41, 5.74) is 0.968. The van der Waals surface area contributed by atoms with Crippen LogP contribution in [0.25, 0.3) is 0 Å². The molecule has 3 saturated carbocycles. The minimum Gasteiger partial charge on any atom is -0.347 e. The zero-order chi connectivity index (χ0) is 10.5. The van der Waals surface area contributed by atoms with Crippen molar-refractivity contribution >= 4 is 0 Å². The van der Waals surface area contributed by atoms with E-state index >= 15 is 0 Å². The molecule has 2 unspecified atom stereocenters. The molecule has 0 aromatic heterocycles. The molecule has 0 N–H and O–H groups in total. The van der Waals surface area contributed by atoms with Gasteiger partial charge in [-0.25, -0.2) is 0 Å². The van der Waals surface area contributed by atoms with Crippen molar-refractivity contribution in [3.8, 4) is 0 Å². The first-order valence-corrected chi connectivity index (χ1v) is 6.32. The Morgan fingerprint density at radius 2 is 1.73 bits per heavy atom. The lowest BCUT2D eigenvalue weighted by Crippen LogP contribution is -2.38. The van der Waals surface area contributed by atoms with E-state index in [-0.39, 0.29) is 5.79 Å². The maximum Gasteiger partial charge on any atom is 0.175 e. The molecule has 1 aliphatic heterocycles. The summed E-state index contributed by atoms with van der Waals surface area (Å²) in [5, 5.41) is 0. The highest BCUT2D eigenvalue weighted by Crippen LogP contribution is 2.84. The molecule has 15 heavy (non-hydrogen) atoms. The molecule has 1 saturated heterocycles. The van der Waals surface area contributed by atoms with Gasteiger partial charge in [-0.05, 0) is 29.6 Å². The van der Waals surface area contributed by atoms with Crippen molar-refractivity contribution in [1.82, 2.24) is 0 Å². The number of fused-ring (bicyclic) bond motifs is 7. The fraction of sp³-hybridized carbons (Fsp3) is 1.00. The largest absolute Gasteiger partial charge is 0.347 e. The van der Waals surface area contributed by atoms with Gasteiger partial charge in [-0.2, -0.15) is 0 Å². The Labute approximate surface area is 91.3 Å². The highest BCUT2D eigenvalue weighted by Gasteiger charge is 2.87. The first-order chi connectivity index (χ1) is 7.04. The van der Waals surface area contributed by atoms with E-state index < -0.39 is 0 Å². The van der Waals surface area contributed by atoms with Crippen molar-refractivity contribution < 1.29 is 9.47 Å². The van der Waals surface area contributed by atoms with Crippen molar-refractivity contribution in [3.63, 3.8) is 0 Å². The lowest BCUT2D eigenvalue weighted by atomic mass is 9.67. The van der Waals surface area contributed by atoms with E-state index in [2.05, 4.69) is 20.8 Å². The number of ether oxygens (including phenoxy) is 2. The van der Waals surface area contributed by atoms with Crippen LogP contribution in [0.3, 0.4) is 0 Å². The summed E-state index contributed by atoms with van der Waals surface area (Å²) in [6, 6.07) is 0. The van der Waals surface area contributed by atoms with E-state index in [9.17, 15) is 0 Å². The third-order valence-electron chi connectivity index (χ3n) is 6.38. The predicted octanol–water partition coefficient (Wildman–Crippen LogP) is 2.43. The van der Waals surface area contributed by atoms with Gasteiger partial charge in [0.15, 0.2) is 5.79 Å². The Kier molecular flexibility index (Phi) is 1.29. The average Bonchev–Trinajstić information content (AvgIpc) is 2.46. The third-order valence-corrected chi connectivity index (χ3v) is 6.38. The molecule has 4 fully saturated rings. The van der Waals surface area contributed by atoms with Gasteiger partial charge in [0.05, 0.1) is 13.2 Å². The van der Waals surface area contributed by atoms with Gasteiger partial charge in [-0.1, -0.05) is 20.8 Å². The number of hydrogen-bond acceptors (Lipinski definition) is 2. The molecule has 4 rings (SSSR count). The first-order valence-electron chi connectivity index (χ1n) is 6.32. The van der Waals surface area contributed by atoms with Crippen LogP contribution < -0.4 is 0 Å². The molecule has 2 nitrogen and oxygen atoms in total. The van der Waals surface area contributed by atoms with Crippen LogP contribution in [0.15, 0.2) is 0 Å². The molecule has 1 spiro atoms. The zero-order valence-electron chi connectivity index (χ0n) is 9.88. The Balaban J connectivity index is 1.79. The first kappa shape index (κ1) is 9.00.